The van der Waals surface area contributed by atoms with E-state index in [0.29, 0.717) is 0 Å². The summed E-state index contributed by atoms with van der Waals surface area (Å²) >= 11 is 0. The molecule has 0 aliphatic heterocycles. The lowest BCUT2D eigenvalue weighted by Crippen LogP contribution is -1.95. The monoisotopic (exact) mass is 178 g/mol. The minimum absolute atomic E-state index is 0.113. The van der Waals surface area contributed by atoms with Crippen LogP contribution in [0.3, 0.4) is 0 Å². The van der Waals surface area contributed by atoms with Gasteiger partial charge in [0.25, 0.3) is 0 Å². The third kappa shape index (κ3) is 1.54. The van der Waals surface area contributed by atoms with Gasteiger partial charge in [0.1, 0.15) is 5.82 Å². The van der Waals surface area contributed by atoms with Crippen molar-refractivity contribution in [2.75, 3.05) is 5.73 Å². The average molecular weight is 178 g/mol. The van der Waals surface area contributed by atoms with Crippen molar-refractivity contribution in [1.82, 2.24) is 4.98 Å². The van der Waals surface area contributed by atoms with Crippen LogP contribution in [-0.4, -0.2) is 4.98 Å². The highest BCUT2D eigenvalue weighted by molar-refractivity contribution is 5.65. The topological polar surface area (TPSA) is 38.9 Å². The van der Waals surface area contributed by atoms with E-state index in [9.17, 15) is 4.39 Å². The van der Waals surface area contributed by atoms with Gasteiger partial charge in [-0.3, -0.25) is 4.98 Å². The Morgan fingerprint density at radius 3 is 2.92 bits per heavy atom. The zero-order valence-electron chi connectivity index (χ0n) is 7.26. The molecule has 0 amide bonds. The standard InChI is InChI=1S/C10H11FN2/c11-8-5-10(13-6-9(8)12)7-3-1-2-4-7/h3,5-6H,1-2,4,12H2. The molecular weight excluding hydrogens is 167 g/mol. The van der Waals surface area contributed by atoms with Crippen LogP contribution in [0.4, 0.5) is 10.1 Å². The summed E-state index contributed by atoms with van der Waals surface area (Å²) in [7, 11) is 0. The fourth-order valence-electron chi connectivity index (χ4n) is 1.52. The molecule has 0 atom stereocenters. The van der Waals surface area contributed by atoms with Gasteiger partial charge in [-0.1, -0.05) is 6.08 Å². The van der Waals surface area contributed by atoms with E-state index in [1.807, 2.05) is 0 Å². The SMILES string of the molecule is Nc1cnc(C2=CCCC2)cc1F. The summed E-state index contributed by atoms with van der Waals surface area (Å²) in [5.74, 6) is -0.377. The van der Waals surface area contributed by atoms with Gasteiger partial charge in [-0.15, -0.1) is 0 Å². The average Bonchev–Trinajstić information content (AvgIpc) is 2.62. The molecule has 13 heavy (non-hydrogen) atoms. The van der Waals surface area contributed by atoms with Gasteiger partial charge in [0.05, 0.1) is 17.6 Å². The number of allylic oxidation sites excluding steroid dienone is 2. The van der Waals surface area contributed by atoms with Crippen molar-refractivity contribution in [3.05, 3.63) is 29.9 Å². The maximum atomic E-state index is 13.0. The van der Waals surface area contributed by atoms with Crippen molar-refractivity contribution in [2.45, 2.75) is 19.3 Å². The molecule has 0 aromatic carbocycles. The van der Waals surface area contributed by atoms with Crippen LogP contribution in [0.1, 0.15) is 25.0 Å². The minimum Gasteiger partial charge on any atom is -0.395 e. The van der Waals surface area contributed by atoms with Gasteiger partial charge in [0, 0.05) is 6.07 Å². The quantitative estimate of drug-likeness (QED) is 0.717. The maximum absolute atomic E-state index is 13.0. The summed E-state index contributed by atoms with van der Waals surface area (Å²) in [5, 5.41) is 0. The van der Waals surface area contributed by atoms with E-state index < -0.39 is 0 Å². The van der Waals surface area contributed by atoms with Gasteiger partial charge in [-0.25, -0.2) is 4.39 Å². The van der Waals surface area contributed by atoms with E-state index in [1.54, 1.807) is 0 Å². The summed E-state index contributed by atoms with van der Waals surface area (Å²) in [5.41, 5.74) is 7.31. The van der Waals surface area contributed by atoms with Crippen LogP contribution < -0.4 is 5.73 Å². The van der Waals surface area contributed by atoms with E-state index in [0.717, 1.165) is 30.5 Å². The number of hydrogen-bond acceptors (Lipinski definition) is 2. The lowest BCUT2D eigenvalue weighted by molar-refractivity contribution is 0.629. The summed E-state index contributed by atoms with van der Waals surface area (Å²) in [6.07, 6.45) is 6.70. The molecule has 1 aliphatic carbocycles. The van der Waals surface area contributed by atoms with Crippen molar-refractivity contribution < 1.29 is 4.39 Å². The Morgan fingerprint density at radius 2 is 2.31 bits per heavy atom. The molecule has 1 aromatic rings. The summed E-state index contributed by atoms with van der Waals surface area (Å²) in [6, 6.07) is 1.41. The Kier molecular flexibility index (Phi) is 2.00. The Morgan fingerprint density at radius 1 is 1.46 bits per heavy atom. The third-order valence-corrected chi connectivity index (χ3v) is 2.25. The Hall–Kier alpha value is -1.38. The van der Waals surface area contributed by atoms with Gasteiger partial charge in [-0.05, 0) is 24.8 Å². The molecule has 0 radical (unpaired) electrons. The number of rotatable bonds is 1. The normalized spacial score (nSPS) is 15.9. The first kappa shape index (κ1) is 8.23. The molecule has 0 saturated heterocycles. The molecule has 0 bridgehead atoms. The number of pyridine rings is 1. The Balaban J connectivity index is 2.36. The van der Waals surface area contributed by atoms with Crippen LogP contribution in [0.2, 0.25) is 0 Å². The molecular formula is C10H11FN2. The summed E-state index contributed by atoms with van der Waals surface area (Å²) in [6.45, 7) is 0. The molecule has 1 heterocycles. The van der Waals surface area contributed by atoms with E-state index in [2.05, 4.69) is 11.1 Å². The molecule has 2 nitrogen and oxygen atoms in total. The van der Waals surface area contributed by atoms with Gasteiger partial charge in [-0.2, -0.15) is 0 Å². The predicted octanol–water partition coefficient (Wildman–Crippen LogP) is 2.37. The van der Waals surface area contributed by atoms with Crippen LogP contribution in [-0.2, 0) is 0 Å². The number of anilines is 1. The van der Waals surface area contributed by atoms with E-state index in [-0.39, 0.29) is 11.5 Å². The van der Waals surface area contributed by atoms with Crippen molar-refractivity contribution >= 4 is 11.3 Å². The first-order valence-corrected chi connectivity index (χ1v) is 4.38. The first-order valence-electron chi connectivity index (χ1n) is 4.38. The largest absolute Gasteiger partial charge is 0.395 e. The van der Waals surface area contributed by atoms with Crippen LogP contribution in [0.15, 0.2) is 18.3 Å². The Labute approximate surface area is 76.3 Å². The first-order chi connectivity index (χ1) is 6.27. The molecule has 68 valence electrons. The van der Waals surface area contributed by atoms with Crippen LogP contribution >= 0.6 is 0 Å². The van der Waals surface area contributed by atoms with Crippen LogP contribution in [0.25, 0.3) is 5.57 Å². The highest BCUT2D eigenvalue weighted by atomic mass is 19.1. The molecule has 0 unspecified atom stereocenters. The van der Waals surface area contributed by atoms with Crippen molar-refractivity contribution in [3.8, 4) is 0 Å². The molecule has 2 rings (SSSR count). The molecule has 1 aliphatic rings. The maximum Gasteiger partial charge on any atom is 0.149 e. The summed E-state index contributed by atoms with van der Waals surface area (Å²) in [4.78, 5) is 4.09. The smallest absolute Gasteiger partial charge is 0.149 e. The van der Waals surface area contributed by atoms with Gasteiger partial charge in [0.2, 0.25) is 0 Å². The van der Waals surface area contributed by atoms with E-state index in [4.69, 9.17) is 5.73 Å². The zero-order valence-corrected chi connectivity index (χ0v) is 7.26. The van der Waals surface area contributed by atoms with Crippen molar-refractivity contribution in [3.63, 3.8) is 0 Å². The predicted molar refractivity (Wildman–Crippen MR) is 50.4 cm³/mol. The third-order valence-electron chi connectivity index (χ3n) is 2.25. The number of nitrogens with two attached hydrogens (primary N) is 1. The minimum atomic E-state index is -0.377. The number of hydrogen-bond donors (Lipinski definition) is 1. The van der Waals surface area contributed by atoms with Gasteiger partial charge in [0.15, 0.2) is 0 Å². The number of halogens is 1. The van der Waals surface area contributed by atoms with Gasteiger partial charge < -0.3 is 5.73 Å². The van der Waals surface area contributed by atoms with Crippen molar-refractivity contribution in [1.29, 1.82) is 0 Å². The summed E-state index contributed by atoms with van der Waals surface area (Å²) < 4.78 is 13.0. The molecule has 2 N–H and O–H groups in total. The van der Waals surface area contributed by atoms with Gasteiger partial charge >= 0.3 is 0 Å². The molecule has 1 aromatic heterocycles. The highest BCUT2D eigenvalue weighted by Gasteiger charge is 2.09. The second-order valence-corrected chi connectivity index (χ2v) is 3.21. The molecule has 0 saturated carbocycles. The lowest BCUT2D eigenvalue weighted by atomic mass is 10.1. The fourth-order valence-corrected chi connectivity index (χ4v) is 1.52. The number of nitrogen functional groups attached to an aromatic ring is 1. The van der Waals surface area contributed by atoms with E-state index >= 15 is 0 Å². The second kappa shape index (κ2) is 3.17. The highest BCUT2D eigenvalue weighted by Crippen LogP contribution is 2.27. The molecule has 0 fully saturated rings. The Bertz CT molecular complexity index is 358. The number of aromatic nitrogens is 1. The lowest BCUT2D eigenvalue weighted by Gasteiger charge is -2.02. The molecule has 0 spiro atoms. The van der Waals surface area contributed by atoms with Crippen LogP contribution in [0, 0.1) is 5.82 Å². The number of nitrogens with zero attached hydrogens (tertiary/aromatic N) is 1. The molecule has 3 heteroatoms. The zero-order chi connectivity index (χ0) is 9.26. The van der Waals surface area contributed by atoms with Crippen molar-refractivity contribution in [2.24, 2.45) is 0 Å². The second-order valence-electron chi connectivity index (χ2n) is 3.21. The van der Waals surface area contributed by atoms with E-state index in [1.165, 1.54) is 12.3 Å². The fraction of sp³-hybridized carbons (Fsp3) is 0.300. The van der Waals surface area contributed by atoms with Crippen LogP contribution in [0.5, 0.6) is 0 Å².